The van der Waals surface area contributed by atoms with Gasteiger partial charge in [-0.1, -0.05) is 6.92 Å². The van der Waals surface area contributed by atoms with Crippen molar-refractivity contribution in [1.82, 2.24) is 0 Å². The fourth-order valence-corrected chi connectivity index (χ4v) is 2.18. The fourth-order valence-electron chi connectivity index (χ4n) is 1.51. The second kappa shape index (κ2) is 5.08. The Bertz CT molecular complexity index is 601. The Morgan fingerprint density at radius 2 is 2.11 bits per heavy atom. The summed E-state index contributed by atoms with van der Waals surface area (Å²) in [6.45, 7) is 3.14. The van der Waals surface area contributed by atoms with Gasteiger partial charge < -0.3 is 9.47 Å². The number of hydrogen-bond acceptors (Lipinski definition) is 4. The predicted octanol–water partition coefficient (Wildman–Crippen LogP) is 2.24. The molecule has 1 heterocycles. The van der Waals surface area contributed by atoms with E-state index in [4.69, 9.17) is 15.0 Å². The smallest absolute Gasteiger partial charge is 0.264 e. The van der Waals surface area contributed by atoms with E-state index in [2.05, 4.69) is 9.43 Å². The summed E-state index contributed by atoms with van der Waals surface area (Å²) in [7, 11) is -3.93. The monoisotopic (exact) mass is 283 g/mol. The Morgan fingerprint density at radius 1 is 1.47 bits per heavy atom. The lowest BCUT2D eigenvalue weighted by atomic mass is 10.1. The maximum Gasteiger partial charge on any atom is 0.264 e. The lowest BCUT2D eigenvalue weighted by molar-refractivity contribution is 0.185. The summed E-state index contributed by atoms with van der Waals surface area (Å²) in [6, 6.07) is 5.72. The van der Waals surface area contributed by atoms with Crippen LogP contribution in [0, 0.1) is 0 Å². The lowest BCUT2D eigenvalue weighted by Crippen LogP contribution is -2.20. The van der Waals surface area contributed by atoms with Gasteiger partial charge in [-0.25, -0.2) is 8.42 Å². The first-order valence-electron chi connectivity index (χ1n) is 5.69. The quantitative estimate of drug-likeness (QED) is 0.345. The Labute approximate surface area is 110 Å². The molecule has 1 fully saturated rings. The summed E-state index contributed by atoms with van der Waals surface area (Å²) >= 11 is 0. The van der Waals surface area contributed by atoms with Gasteiger partial charge in [0.25, 0.3) is 10.0 Å². The van der Waals surface area contributed by atoms with Crippen LogP contribution in [-0.4, -0.2) is 27.2 Å². The highest BCUT2D eigenvalue weighted by Gasteiger charge is 2.43. The van der Waals surface area contributed by atoms with Crippen molar-refractivity contribution in [2.75, 3.05) is 13.2 Å². The van der Waals surface area contributed by atoms with Crippen LogP contribution >= 0.6 is 0 Å². The Kier molecular flexibility index (Phi) is 3.66. The third-order valence-corrected chi connectivity index (χ3v) is 4.12. The molecule has 2 rings (SSSR count). The van der Waals surface area contributed by atoms with Crippen LogP contribution in [-0.2, 0) is 14.8 Å². The van der Waals surface area contributed by atoms with E-state index in [1.807, 2.05) is 6.92 Å². The van der Waals surface area contributed by atoms with E-state index in [9.17, 15) is 8.42 Å². The highest BCUT2D eigenvalue weighted by Crippen LogP contribution is 2.31. The van der Waals surface area contributed by atoms with E-state index >= 15 is 0 Å². The van der Waals surface area contributed by atoms with Gasteiger partial charge in [0.1, 0.15) is 18.0 Å². The molecule has 1 aromatic carbocycles. The molecular weight excluding hydrogens is 270 g/mol. The average Bonchev–Trinajstić information content (AvgIpc) is 3.17. The number of ether oxygens (including phenoxy) is 2. The molecule has 7 nitrogen and oxygen atoms in total. The number of azide groups is 1. The standard InChI is InChI=1S/C11H13N3O4S/c1-2-11(8-18-11)7-17-9-3-5-10(6-4-9)19(15,16)14-13-12/h3-6H,2,7-8H2,1H3. The predicted molar refractivity (Wildman–Crippen MR) is 67.2 cm³/mol. The summed E-state index contributed by atoms with van der Waals surface area (Å²) in [6.07, 6.45) is 0.871. The molecule has 0 spiro atoms. The van der Waals surface area contributed by atoms with Gasteiger partial charge in [-0.2, -0.15) is 0 Å². The molecular formula is C11H13N3O4S. The maximum atomic E-state index is 11.4. The Morgan fingerprint density at radius 3 is 2.58 bits per heavy atom. The van der Waals surface area contributed by atoms with Gasteiger partial charge >= 0.3 is 0 Å². The van der Waals surface area contributed by atoms with Gasteiger partial charge in [0.15, 0.2) is 0 Å². The molecule has 0 N–H and O–H groups in total. The summed E-state index contributed by atoms with van der Waals surface area (Å²) in [5, 5.41) is 0. The van der Waals surface area contributed by atoms with Crippen LogP contribution in [0.3, 0.4) is 0 Å². The third kappa shape index (κ3) is 3.17. The fraction of sp³-hybridized carbons (Fsp3) is 0.455. The number of rotatable bonds is 6. The van der Waals surface area contributed by atoms with Crippen LogP contribution in [0.15, 0.2) is 33.7 Å². The molecule has 1 saturated heterocycles. The van der Waals surface area contributed by atoms with Crippen molar-refractivity contribution in [2.24, 2.45) is 4.52 Å². The number of epoxide rings is 1. The first-order valence-corrected chi connectivity index (χ1v) is 7.13. The van der Waals surface area contributed by atoms with Gasteiger partial charge in [-0.05, 0) is 36.2 Å². The molecule has 1 aliphatic heterocycles. The van der Waals surface area contributed by atoms with Crippen molar-refractivity contribution < 1.29 is 17.9 Å². The highest BCUT2D eigenvalue weighted by molar-refractivity contribution is 7.90. The minimum Gasteiger partial charge on any atom is -0.490 e. The molecule has 0 aromatic heterocycles. The zero-order valence-electron chi connectivity index (χ0n) is 10.3. The molecule has 0 saturated carbocycles. The zero-order chi connectivity index (χ0) is 13.9. The van der Waals surface area contributed by atoms with Crippen LogP contribution in [0.2, 0.25) is 0 Å². The van der Waals surface area contributed by atoms with Gasteiger partial charge in [0.05, 0.1) is 11.5 Å². The summed E-state index contributed by atoms with van der Waals surface area (Å²) in [5.41, 5.74) is 7.98. The number of benzene rings is 1. The van der Waals surface area contributed by atoms with Crippen LogP contribution in [0.5, 0.6) is 5.75 Å². The number of hydrogen-bond donors (Lipinski definition) is 0. The van der Waals surface area contributed by atoms with E-state index in [-0.39, 0.29) is 10.5 Å². The van der Waals surface area contributed by atoms with E-state index < -0.39 is 10.0 Å². The lowest BCUT2D eigenvalue weighted by Gasteiger charge is -2.11. The van der Waals surface area contributed by atoms with Crippen molar-refractivity contribution >= 4 is 10.0 Å². The molecule has 1 aromatic rings. The van der Waals surface area contributed by atoms with Crippen molar-refractivity contribution in [1.29, 1.82) is 0 Å². The molecule has 102 valence electrons. The van der Waals surface area contributed by atoms with Crippen molar-refractivity contribution in [3.63, 3.8) is 0 Å². The van der Waals surface area contributed by atoms with Gasteiger partial charge in [-0.3, -0.25) is 0 Å². The molecule has 0 aliphatic carbocycles. The highest BCUT2D eigenvalue weighted by atomic mass is 32.2. The minimum absolute atomic E-state index is 0.0643. The van der Waals surface area contributed by atoms with Crippen molar-refractivity contribution in [2.45, 2.75) is 23.8 Å². The third-order valence-electron chi connectivity index (χ3n) is 2.96. The zero-order valence-corrected chi connectivity index (χ0v) is 11.1. The average molecular weight is 283 g/mol. The molecule has 1 unspecified atom stereocenters. The summed E-state index contributed by atoms with van der Waals surface area (Å²) in [4.78, 5) is 2.22. The molecule has 1 atom stereocenters. The SMILES string of the molecule is CCC1(COc2ccc(S(=O)(=O)N=[N+]=[N-])cc2)CO1. The minimum atomic E-state index is -3.93. The van der Waals surface area contributed by atoms with Crippen LogP contribution in [0.1, 0.15) is 13.3 Å². The van der Waals surface area contributed by atoms with Crippen LogP contribution < -0.4 is 4.74 Å². The molecule has 0 radical (unpaired) electrons. The van der Waals surface area contributed by atoms with E-state index in [0.29, 0.717) is 19.0 Å². The van der Waals surface area contributed by atoms with Gasteiger partial charge in [0.2, 0.25) is 0 Å². The summed E-state index contributed by atoms with van der Waals surface area (Å²) < 4.78 is 36.5. The van der Waals surface area contributed by atoms with Gasteiger partial charge in [0, 0.05) is 9.43 Å². The maximum absolute atomic E-state index is 11.4. The van der Waals surface area contributed by atoms with E-state index in [0.717, 1.165) is 6.42 Å². The van der Waals surface area contributed by atoms with E-state index in [1.165, 1.54) is 24.3 Å². The number of sulfonamides is 1. The topological polar surface area (TPSA) is 105 Å². The Hall–Kier alpha value is -1.76. The van der Waals surface area contributed by atoms with Crippen LogP contribution in [0.4, 0.5) is 0 Å². The van der Waals surface area contributed by atoms with Gasteiger partial charge in [-0.15, -0.1) is 0 Å². The molecule has 1 aliphatic rings. The van der Waals surface area contributed by atoms with Crippen molar-refractivity contribution in [3.8, 4) is 5.75 Å². The van der Waals surface area contributed by atoms with E-state index in [1.54, 1.807) is 0 Å². The molecule has 8 heteroatoms. The molecule has 0 amide bonds. The largest absolute Gasteiger partial charge is 0.490 e. The molecule has 19 heavy (non-hydrogen) atoms. The Balaban J connectivity index is 2.05. The van der Waals surface area contributed by atoms with Crippen molar-refractivity contribution in [3.05, 3.63) is 34.7 Å². The first-order chi connectivity index (χ1) is 9.01. The van der Waals surface area contributed by atoms with Crippen LogP contribution in [0.25, 0.3) is 10.4 Å². The normalized spacial score (nSPS) is 21.5. The second-order valence-electron chi connectivity index (χ2n) is 4.23. The second-order valence-corrected chi connectivity index (χ2v) is 5.82. The number of nitrogens with zero attached hydrogens (tertiary/aromatic N) is 3. The molecule has 0 bridgehead atoms. The summed E-state index contributed by atoms with van der Waals surface area (Å²) in [5.74, 6) is 0.545. The first kappa shape index (κ1) is 13.7.